The molecule has 0 saturated carbocycles. The number of aromatic nitrogens is 2. The molecule has 2 aromatic rings. The maximum atomic E-state index is 11.1. The lowest BCUT2D eigenvalue weighted by molar-refractivity contribution is 0.0679. The van der Waals surface area contributed by atoms with E-state index in [0.29, 0.717) is 23.6 Å². The number of hydrogen-bond donors (Lipinski definition) is 2. The minimum atomic E-state index is -1.15. The molecule has 3 N–H and O–H groups in total. The zero-order valence-electron chi connectivity index (χ0n) is 12.4. The number of carbonyl (C=O) groups is 1. The number of anilines is 1. The first kappa shape index (κ1) is 15.2. The Morgan fingerprint density at radius 3 is 3.00 bits per heavy atom. The molecule has 1 unspecified atom stereocenters. The van der Waals surface area contributed by atoms with Gasteiger partial charge in [-0.1, -0.05) is 12.1 Å². The summed E-state index contributed by atoms with van der Waals surface area (Å²) in [5.74, 6) is -0.552. The summed E-state index contributed by atoms with van der Waals surface area (Å²) in [4.78, 5) is 18.8. The van der Waals surface area contributed by atoms with E-state index < -0.39 is 5.97 Å². The summed E-state index contributed by atoms with van der Waals surface area (Å²) in [5, 5.41) is 9.06. The van der Waals surface area contributed by atoms with Crippen LogP contribution < -0.4 is 10.5 Å². The summed E-state index contributed by atoms with van der Waals surface area (Å²) in [6.07, 6.45) is 2.20. The number of nitrogens with two attached hydrogens (primary N) is 1. The van der Waals surface area contributed by atoms with Gasteiger partial charge in [0.1, 0.15) is 12.4 Å². The van der Waals surface area contributed by atoms with Crippen molar-refractivity contribution >= 4 is 11.9 Å². The van der Waals surface area contributed by atoms with E-state index in [-0.39, 0.29) is 17.7 Å². The van der Waals surface area contributed by atoms with Gasteiger partial charge in [0.25, 0.3) is 0 Å². The van der Waals surface area contributed by atoms with Crippen molar-refractivity contribution in [2.45, 2.75) is 18.9 Å². The third-order valence-corrected chi connectivity index (χ3v) is 3.55. The molecule has 7 heteroatoms. The van der Waals surface area contributed by atoms with Crippen LogP contribution in [-0.4, -0.2) is 40.4 Å². The summed E-state index contributed by atoms with van der Waals surface area (Å²) in [7, 11) is 0. The molecule has 0 aliphatic carbocycles. The standard InChI is InChI=1S/C16H17N3O4/c17-16-18-13(8-14(19-16)15(20)21)10-3-1-4-11(7-10)23-9-12-5-2-6-22-12/h1,3-4,7-8,12H,2,5-6,9H2,(H,20,21)(H2,17,18,19). The summed E-state index contributed by atoms with van der Waals surface area (Å²) >= 11 is 0. The average Bonchev–Trinajstić information content (AvgIpc) is 3.06. The maximum absolute atomic E-state index is 11.1. The van der Waals surface area contributed by atoms with E-state index in [0.717, 1.165) is 19.4 Å². The molecule has 1 aromatic carbocycles. The second kappa shape index (κ2) is 6.62. The molecule has 3 rings (SSSR count). The molecule has 23 heavy (non-hydrogen) atoms. The van der Waals surface area contributed by atoms with Crippen molar-refractivity contribution in [1.82, 2.24) is 9.97 Å². The van der Waals surface area contributed by atoms with Crippen molar-refractivity contribution in [3.8, 4) is 17.0 Å². The smallest absolute Gasteiger partial charge is 0.354 e. The maximum Gasteiger partial charge on any atom is 0.354 e. The van der Waals surface area contributed by atoms with E-state index in [1.807, 2.05) is 18.2 Å². The quantitative estimate of drug-likeness (QED) is 0.868. The van der Waals surface area contributed by atoms with Crippen LogP contribution >= 0.6 is 0 Å². The number of rotatable bonds is 5. The highest BCUT2D eigenvalue weighted by Crippen LogP contribution is 2.24. The number of carboxylic acids is 1. The molecule has 1 saturated heterocycles. The monoisotopic (exact) mass is 315 g/mol. The molecular weight excluding hydrogens is 298 g/mol. The van der Waals surface area contributed by atoms with Gasteiger partial charge in [-0.05, 0) is 31.0 Å². The van der Waals surface area contributed by atoms with Crippen LogP contribution in [0.25, 0.3) is 11.3 Å². The fourth-order valence-electron chi connectivity index (χ4n) is 2.43. The minimum absolute atomic E-state index is 0.0782. The lowest BCUT2D eigenvalue weighted by Gasteiger charge is -2.12. The van der Waals surface area contributed by atoms with Crippen molar-refractivity contribution in [3.63, 3.8) is 0 Å². The highest BCUT2D eigenvalue weighted by atomic mass is 16.5. The van der Waals surface area contributed by atoms with Crippen LogP contribution in [0.4, 0.5) is 5.95 Å². The second-order valence-corrected chi connectivity index (χ2v) is 5.28. The predicted octanol–water partition coefficient (Wildman–Crippen LogP) is 1.98. The van der Waals surface area contributed by atoms with E-state index in [1.54, 1.807) is 6.07 Å². The second-order valence-electron chi connectivity index (χ2n) is 5.28. The fourth-order valence-corrected chi connectivity index (χ4v) is 2.43. The SMILES string of the molecule is Nc1nc(C(=O)O)cc(-c2cccc(OCC3CCCO3)c2)n1. The van der Waals surface area contributed by atoms with E-state index in [9.17, 15) is 4.79 Å². The molecule has 1 aliphatic rings. The minimum Gasteiger partial charge on any atom is -0.491 e. The van der Waals surface area contributed by atoms with E-state index in [4.69, 9.17) is 20.3 Å². The van der Waals surface area contributed by atoms with Gasteiger partial charge in [0, 0.05) is 12.2 Å². The molecule has 1 fully saturated rings. The molecule has 120 valence electrons. The summed E-state index contributed by atoms with van der Waals surface area (Å²) in [6, 6.07) is 8.65. The Kier molecular flexibility index (Phi) is 4.38. The molecule has 1 aromatic heterocycles. The molecule has 2 heterocycles. The van der Waals surface area contributed by atoms with Gasteiger partial charge in [0.2, 0.25) is 5.95 Å². The van der Waals surface area contributed by atoms with Gasteiger partial charge in [-0.2, -0.15) is 0 Å². The van der Waals surface area contributed by atoms with Gasteiger partial charge in [0.15, 0.2) is 5.69 Å². The Labute approximate surface area is 133 Å². The third kappa shape index (κ3) is 3.75. The Hall–Kier alpha value is -2.67. The number of benzene rings is 1. The Bertz CT molecular complexity index is 714. The topological polar surface area (TPSA) is 108 Å². The molecule has 1 aliphatic heterocycles. The number of ether oxygens (including phenoxy) is 2. The Balaban J connectivity index is 1.80. The molecule has 0 amide bonds. The lowest BCUT2D eigenvalue weighted by atomic mass is 10.1. The van der Waals surface area contributed by atoms with Crippen LogP contribution in [0.15, 0.2) is 30.3 Å². The van der Waals surface area contributed by atoms with Gasteiger partial charge in [-0.15, -0.1) is 0 Å². The van der Waals surface area contributed by atoms with Crippen molar-refractivity contribution in [2.24, 2.45) is 0 Å². The zero-order chi connectivity index (χ0) is 16.2. The molecule has 0 radical (unpaired) electrons. The van der Waals surface area contributed by atoms with Crippen LogP contribution in [0.5, 0.6) is 5.75 Å². The Morgan fingerprint density at radius 1 is 1.39 bits per heavy atom. The number of carboxylic acid groups (broad SMARTS) is 1. The molecular formula is C16H17N3O4. The van der Waals surface area contributed by atoms with E-state index in [2.05, 4.69) is 9.97 Å². The van der Waals surface area contributed by atoms with Crippen LogP contribution in [0.3, 0.4) is 0 Å². The Morgan fingerprint density at radius 2 is 2.26 bits per heavy atom. The first-order chi connectivity index (χ1) is 11.1. The third-order valence-electron chi connectivity index (χ3n) is 3.55. The highest BCUT2D eigenvalue weighted by Gasteiger charge is 2.16. The van der Waals surface area contributed by atoms with Gasteiger partial charge < -0.3 is 20.3 Å². The first-order valence-electron chi connectivity index (χ1n) is 7.34. The van der Waals surface area contributed by atoms with Crippen LogP contribution in [0.2, 0.25) is 0 Å². The summed E-state index contributed by atoms with van der Waals surface area (Å²) < 4.78 is 11.3. The lowest BCUT2D eigenvalue weighted by Crippen LogP contribution is -2.16. The molecule has 0 bridgehead atoms. The van der Waals surface area contributed by atoms with Gasteiger partial charge in [0.05, 0.1) is 11.8 Å². The van der Waals surface area contributed by atoms with Gasteiger partial charge >= 0.3 is 5.97 Å². The number of nitrogens with zero attached hydrogens (tertiary/aromatic N) is 2. The molecule has 7 nitrogen and oxygen atoms in total. The zero-order valence-corrected chi connectivity index (χ0v) is 12.4. The van der Waals surface area contributed by atoms with Crippen LogP contribution in [0.1, 0.15) is 23.3 Å². The number of nitrogen functional groups attached to an aromatic ring is 1. The van der Waals surface area contributed by atoms with Crippen LogP contribution in [0, 0.1) is 0 Å². The molecule has 0 spiro atoms. The van der Waals surface area contributed by atoms with Gasteiger partial charge in [-0.25, -0.2) is 14.8 Å². The highest BCUT2D eigenvalue weighted by molar-refractivity contribution is 5.87. The van der Waals surface area contributed by atoms with E-state index >= 15 is 0 Å². The number of hydrogen-bond acceptors (Lipinski definition) is 6. The van der Waals surface area contributed by atoms with E-state index in [1.165, 1.54) is 6.07 Å². The van der Waals surface area contributed by atoms with Crippen molar-refractivity contribution in [3.05, 3.63) is 36.0 Å². The fraction of sp³-hybridized carbons (Fsp3) is 0.312. The van der Waals surface area contributed by atoms with Crippen molar-refractivity contribution < 1.29 is 19.4 Å². The summed E-state index contributed by atoms with van der Waals surface area (Å²) in [6.45, 7) is 1.28. The van der Waals surface area contributed by atoms with Crippen molar-refractivity contribution in [1.29, 1.82) is 0 Å². The van der Waals surface area contributed by atoms with Crippen molar-refractivity contribution in [2.75, 3.05) is 18.9 Å². The first-order valence-corrected chi connectivity index (χ1v) is 7.34. The van der Waals surface area contributed by atoms with Gasteiger partial charge in [-0.3, -0.25) is 0 Å². The summed E-state index contributed by atoms with van der Waals surface area (Å²) in [5.41, 5.74) is 6.60. The van der Waals surface area contributed by atoms with Crippen LogP contribution in [-0.2, 0) is 4.74 Å². The molecule has 1 atom stereocenters. The largest absolute Gasteiger partial charge is 0.491 e. The number of aromatic carboxylic acids is 1. The average molecular weight is 315 g/mol. The normalized spacial score (nSPS) is 17.1. The predicted molar refractivity (Wildman–Crippen MR) is 83.3 cm³/mol.